The van der Waals surface area contributed by atoms with E-state index in [4.69, 9.17) is 4.74 Å². The highest BCUT2D eigenvalue weighted by Gasteiger charge is 2.28. The SMILES string of the molecule is CCCCCCOC(=O)c1ccccc1C(=O)c1ccc(N(CC)CC)cc1O.CCCCCCc1cc(C(=O)O)c(C(=O)c2ccccc2)c(O)c1N(CC)CC. The zero-order chi connectivity index (χ0) is 42.6. The molecule has 0 bridgehead atoms. The average Bonchev–Trinajstić information content (AvgIpc) is 3.23. The molecular weight excluding hydrogens is 733 g/mol. The van der Waals surface area contributed by atoms with Gasteiger partial charge in [0.15, 0.2) is 17.3 Å². The molecule has 10 nitrogen and oxygen atoms in total. The number of anilines is 2. The average molecular weight is 795 g/mol. The second kappa shape index (κ2) is 24.2. The number of rotatable bonds is 22. The summed E-state index contributed by atoms with van der Waals surface area (Å²) in [5.41, 5.74) is 2.91. The van der Waals surface area contributed by atoms with Gasteiger partial charge in [0, 0.05) is 49.1 Å². The number of nitrogens with zero attached hydrogens (tertiary/aromatic N) is 2. The number of unbranched alkanes of at least 4 members (excludes halogenated alkanes) is 6. The summed E-state index contributed by atoms with van der Waals surface area (Å²) in [7, 11) is 0. The number of ketones is 2. The van der Waals surface area contributed by atoms with Crippen molar-refractivity contribution in [3.63, 3.8) is 0 Å². The Balaban J connectivity index is 0.000000310. The fourth-order valence-corrected chi connectivity index (χ4v) is 6.94. The number of carboxylic acids is 1. The van der Waals surface area contributed by atoms with E-state index >= 15 is 0 Å². The van der Waals surface area contributed by atoms with Gasteiger partial charge in [-0.2, -0.15) is 0 Å². The summed E-state index contributed by atoms with van der Waals surface area (Å²) in [5.74, 6) is -2.92. The van der Waals surface area contributed by atoms with E-state index in [0.29, 0.717) is 37.4 Å². The fourth-order valence-electron chi connectivity index (χ4n) is 6.94. The first kappa shape index (κ1) is 46.7. The van der Waals surface area contributed by atoms with E-state index in [0.717, 1.165) is 75.7 Å². The predicted octanol–water partition coefficient (Wildman–Crippen LogP) is 10.5. The molecule has 0 saturated heterocycles. The number of carbonyl (C=O) groups is 4. The van der Waals surface area contributed by atoms with E-state index in [1.54, 1.807) is 72.8 Å². The van der Waals surface area contributed by atoms with Crippen LogP contribution in [0.3, 0.4) is 0 Å². The highest BCUT2D eigenvalue weighted by molar-refractivity contribution is 6.17. The van der Waals surface area contributed by atoms with Gasteiger partial charge < -0.3 is 29.9 Å². The summed E-state index contributed by atoms with van der Waals surface area (Å²) < 4.78 is 5.35. The van der Waals surface area contributed by atoms with Gasteiger partial charge in [-0.05, 0) is 76.8 Å². The molecule has 3 N–H and O–H groups in total. The van der Waals surface area contributed by atoms with Crippen LogP contribution in [0.2, 0.25) is 0 Å². The number of carbonyl (C=O) groups excluding carboxylic acids is 3. The van der Waals surface area contributed by atoms with Gasteiger partial charge in [0.25, 0.3) is 0 Å². The van der Waals surface area contributed by atoms with E-state index in [1.807, 2.05) is 38.7 Å². The Hall–Kier alpha value is -5.64. The summed E-state index contributed by atoms with van der Waals surface area (Å²) in [5, 5.41) is 31.4. The first-order valence-electron chi connectivity index (χ1n) is 20.8. The number of phenols is 2. The van der Waals surface area contributed by atoms with Crippen LogP contribution in [0.4, 0.5) is 11.4 Å². The first-order valence-corrected chi connectivity index (χ1v) is 20.8. The molecule has 0 spiro atoms. The smallest absolute Gasteiger partial charge is 0.338 e. The van der Waals surface area contributed by atoms with Crippen LogP contribution in [0, 0.1) is 0 Å². The standard InChI is InChI=1S/2C24H31NO4/c1-4-7-8-11-16-29-24(28)20-13-10-9-12-19(20)23(27)21-15-14-18(17-22(21)26)25(5-2)6-3;1-4-7-8-10-15-18-16-19(24(28)29)20(22(26)17-13-11-9-12-14-17)23(27)21(18)25(5-2)6-3/h9-10,12-15,17,26H,4-8,11,16H2,1-3H3;9,11-14,16,27H,4-8,10,15H2,1-3H3,(H,28,29). The zero-order valence-corrected chi connectivity index (χ0v) is 35.2. The van der Waals surface area contributed by atoms with Crippen LogP contribution in [-0.4, -0.2) is 71.6 Å². The van der Waals surface area contributed by atoms with E-state index in [2.05, 4.69) is 18.7 Å². The Bertz CT molecular complexity index is 1950. The number of aryl methyl sites for hydroxylation is 1. The van der Waals surface area contributed by atoms with Crippen molar-refractivity contribution in [1.82, 2.24) is 0 Å². The summed E-state index contributed by atoms with van der Waals surface area (Å²) in [4.78, 5) is 54.7. The molecule has 0 fully saturated rings. The molecule has 0 aliphatic carbocycles. The number of benzene rings is 4. The maximum atomic E-state index is 13.1. The highest BCUT2D eigenvalue weighted by atomic mass is 16.5. The van der Waals surface area contributed by atoms with Crippen molar-refractivity contribution in [3.8, 4) is 11.5 Å². The van der Waals surface area contributed by atoms with E-state index in [9.17, 15) is 34.5 Å². The van der Waals surface area contributed by atoms with Gasteiger partial charge >= 0.3 is 11.9 Å². The third-order valence-electron chi connectivity index (χ3n) is 10.2. The van der Waals surface area contributed by atoms with Crippen molar-refractivity contribution in [1.29, 1.82) is 0 Å². The number of aromatic hydroxyl groups is 2. The fraction of sp³-hybridized carbons (Fsp3) is 0.417. The number of ether oxygens (including phenoxy) is 1. The molecule has 0 unspecified atom stereocenters. The van der Waals surface area contributed by atoms with E-state index < -0.39 is 23.5 Å². The minimum atomic E-state index is -1.21. The van der Waals surface area contributed by atoms with Crippen LogP contribution < -0.4 is 9.80 Å². The second-order valence-corrected chi connectivity index (χ2v) is 14.1. The molecule has 4 aromatic carbocycles. The number of aromatic carboxylic acids is 1. The molecule has 0 aliphatic rings. The number of carboxylic acid groups (broad SMARTS) is 1. The van der Waals surface area contributed by atoms with Crippen molar-refractivity contribution >= 4 is 34.9 Å². The maximum Gasteiger partial charge on any atom is 0.338 e. The van der Waals surface area contributed by atoms with Crippen LogP contribution in [0.25, 0.3) is 0 Å². The summed E-state index contributed by atoms with van der Waals surface area (Å²) in [6.45, 7) is 15.5. The second-order valence-electron chi connectivity index (χ2n) is 14.1. The highest BCUT2D eigenvalue weighted by Crippen LogP contribution is 2.39. The zero-order valence-electron chi connectivity index (χ0n) is 35.2. The number of esters is 1. The van der Waals surface area contributed by atoms with Gasteiger partial charge in [-0.1, -0.05) is 101 Å². The van der Waals surface area contributed by atoms with Crippen molar-refractivity contribution < 1.29 is 39.2 Å². The van der Waals surface area contributed by atoms with Gasteiger partial charge in [0.2, 0.25) is 0 Å². The Kier molecular flexibility index (Phi) is 19.5. The molecule has 0 heterocycles. The van der Waals surface area contributed by atoms with Crippen LogP contribution in [-0.2, 0) is 11.2 Å². The quantitative estimate of drug-likeness (QED) is 0.0399. The van der Waals surface area contributed by atoms with Crippen LogP contribution in [0.1, 0.15) is 151 Å². The lowest BCUT2D eigenvalue weighted by atomic mass is 9.91. The minimum Gasteiger partial charge on any atom is -0.507 e. The molecule has 4 aromatic rings. The van der Waals surface area contributed by atoms with Gasteiger partial charge in [-0.15, -0.1) is 0 Å². The lowest BCUT2D eigenvalue weighted by molar-refractivity contribution is 0.0494. The Labute approximate surface area is 344 Å². The Morgan fingerprint density at radius 3 is 1.74 bits per heavy atom. The molecule has 58 heavy (non-hydrogen) atoms. The van der Waals surface area contributed by atoms with Gasteiger partial charge in [0.05, 0.1) is 34.5 Å². The molecule has 0 aromatic heterocycles. The van der Waals surface area contributed by atoms with Crippen LogP contribution >= 0.6 is 0 Å². The molecule has 4 rings (SSSR count). The molecule has 0 radical (unpaired) electrons. The topological polar surface area (TPSA) is 145 Å². The molecule has 0 saturated carbocycles. The summed E-state index contributed by atoms with van der Waals surface area (Å²) in [6.07, 6.45) is 8.88. The Morgan fingerprint density at radius 1 is 0.586 bits per heavy atom. The third-order valence-corrected chi connectivity index (χ3v) is 10.2. The molecule has 312 valence electrons. The summed E-state index contributed by atoms with van der Waals surface area (Å²) >= 11 is 0. The molecule has 10 heteroatoms. The van der Waals surface area contributed by atoms with E-state index in [-0.39, 0.29) is 39.3 Å². The van der Waals surface area contributed by atoms with E-state index in [1.165, 1.54) is 0 Å². The van der Waals surface area contributed by atoms with Crippen LogP contribution in [0.5, 0.6) is 11.5 Å². The maximum absolute atomic E-state index is 13.1. The molecule has 0 amide bonds. The monoisotopic (exact) mass is 794 g/mol. The predicted molar refractivity (Wildman–Crippen MR) is 232 cm³/mol. The van der Waals surface area contributed by atoms with Gasteiger partial charge in [-0.3, -0.25) is 9.59 Å². The molecule has 0 aliphatic heterocycles. The van der Waals surface area contributed by atoms with Crippen molar-refractivity contribution in [2.45, 2.75) is 99.3 Å². The van der Waals surface area contributed by atoms with Gasteiger partial charge in [-0.25, -0.2) is 9.59 Å². The number of hydrogen-bond acceptors (Lipinski definition) is 9. The molecule has 0 atom stereocenters. The summed E-state index contributed by atoms with van der Waals surface area (Å²) in [6, 6.07) is 21.7. The lowest BCUT2D eigenvalue weighted by Crippen LogP contribution is -2.25. The number of phenolic OH excluding ortho intramolecular Hbond substituents is 2. The van der Waals surface area contributed by atoms with Gasteiger partial charge in [0.1, 0.15) is 5.75 Å². The largest absolute Gasteiger partial charge is 0.507 e. The number of hydrogen-bond donors (Lipinski definition) is 3. The van der Waals surface area contributed by atoms with Crippen molar-refractivity contribution in [2.75, 3.05) is 42.6 Å². The van der Waals surface area contributed by atoms with Crippen molar-refractivity contribution in [2.24, 2.45) is 0 Å². The minimum absolute atomic E-state index is 0.0952. The van der Waals surface area contributed by atoms with Crippen LogP contribution in [0.15, 0.2) is 78.9 Å². The normalized spacial score (nSPS) is 10.7. The molecular formula is C48H62N2O8. The third kappa shape index (κ3) is 12.4. The first-order chi connectivity index (χ1) is 28.0. The lowest BCUT2D eigenvalue weighted by Gasteiger charge is -2.27. The Morgan fingerprint density at radius 2 is 1.17 bits per heavy atom. The van der Waals surface area contributed by atoms with Crippen molar-refractivity contribution in [3.05, 3.63) is 118 Å².